The fourth-order valence-corrected chi connectivity index (χ4v) is 3.90. The van der Waals surface area contributed by atoms with Crippen LogP contribution in [0.3, 0.4) is 0 Å². The Morgan fingerprint density at radius 3 is 2.56 bits per heavy atom. The highest BCUT2D eigenvalue weighted by atomic mass is 15.3. The van der Waals surface area contributed by atoms with Crippen molar-refractivity contribution in [3.8, 4) is 0 Å². The van der Waals surface area contributed by atoms with E-state index in [4.69, 9.17) is 9.97 Å². The van der Waals surface area contributed by atoms with Gasteiger partial charge in [-0.1, -0.05) is 48.5 Å². The second kappa shape index (κ2) is 7.39. The molecule has 2 heterocycles. The summed E-state index contributed by atoms with van der Waals surface area (Å²) in [6.07, 6.45) is 1.05. The van der Waals surface area contributed by atoms with E-state index in [9.17, 15) is 0 Å². The lowest BCUT2D eigenvalue weighted by atomic mass is 10.1. The molecule has 4 rings (SSSR count). The quantitative estimate of drug-likeness (QED) is 0.650. The molecule has 1 aromatic heterocycles. The minimum absolute atomic E-state index is 0.397. The lowest BCUT2D eigenvalue weighted by Crippen LogP contribution is -2.27. The number of aromatic nitrogens is 2. The van der Waals surface area contributed by atoms with Crippen molar-refractivity contribution in [1.82, 2.24) is 9.97 Å². The van der Waals surface area contributed by atoms with Crippen LogP contribution in [0.15, 0.2) is 60.7 Å². The highest BCUT2D eigenvalue weighted by molar-refractivity contribution is 5.70. The monoisotopic (exact) mass is 358 g/mol. The van der Waals surface area contributed by atoms with Crippen molar-refractivity contribution in [2.75, 3.05) is 16.3 Å². The van der Waals surface area contributed by atoms with Gasteiger partial charge < -0.3 is 9.80 Å². The molecule has 0 spiro atoms. The third-order valence-corrected chi connectivity index (χ3v) is 5.19. The fourth-order valence-electron chi connectivity index (χ4n) is 3.90. The second-order valence-electron chi connectivity index (χ2n) is 7.18. The van der Waals surface area contributed by atoms with Gasteiger partial charge in [-0.2, -0.15) is 0 Å². The normalized spacial score (nSPS) is 15.7. The van der Waals surface area contributed by atoms with E-state index in [2.05, 4.69) is 84.3 Å². The van der Waals surface area contributed by atoms with E-state index >= 15 is 0 Å². The zero-order valence-corrected chi connectivity index (χ0v) is 16.3. The van der Waals surface area contributed by atoms with Crippen LogP contribution in [0, 0.1) is 6.92 Å². The zero-order valence-electron chi connectivity index (χ0n) is 16.3. The standard InChI is InChI=1S/C23H26N4/c1-4-26(16-19-10-6-5-7-11-19)22-15-23(25-18(3)24-22)27-17(2)14-20-12-8-9-13-21(20)27/h5-13,15,17H,4,14,16H2,1-3H3. The van der Waals surface area contributed by atoms with Crippen molar-refractivity contribution >= 4 is 17.3 Å². The molecular weight excluding hydrogens is 332 g/mol. The summed E-state index contributed by atoms with van der Waals surface area (Å²) < 4.78 is 0. The van der Waals surface area contributed by atoms with Gasteiger partial charge >= 0.3 is 0 Å². The van der Waals surface area contributed by atoms with Crippen LogP contribution in [-0.4, -0.2) is 22.6 Å². The number of para-hydroxylation sites is 1. The molecule has 4 heteroatoms. The summed E-state index contributed by atoms with van der Waals surface area (Å²) in [7, 11) is 0. The first-order valence-corrected chi connectivity index (χ1v) is 9.67. The third-order valence-electron chi connectivity index (χ3n) is 5.19. The molecule has 4 nitrogen and oxygen atoms in total. The molecule has 0 bridgehead atoms. The molecule has 1 atom stereocenters. The molecule has 2 aromatic carbocycles. The number of fused-ring (bicyclic) bond motifs is 1. The van der Waals surface area contributed by atoms with Crippen LogP contribution in [0.1, 0.15) is 30.8 Å². The van der Waals surface area contributed by atoms with Crippen LogP contribution in [0.5, 0.6) is 0 Å². The van der Waals surface area contributed by atoms with Crippen LogP contribution in [0.4, 0.5) is 17.3 Å². The number of aryl methyl sites for hydroxylation is 1. The molecule has 3 aromatic rings. The maximum absolute atomic E-state index is 4.78. The van der Waals surface area contributed by atoms with Crippen molar-refractivity contribution in [3.05, 3.63) is 77.6 Å². The molecular formula is C23H26N4. The Balaban J connectivity index is 1.69. The first-order chi connectivity index (χ1) is 13.2. The topological polar surface area (TPSA) is 32.3 Å². The Bertz CT molecular complexity index is 923. The highest BCUT2D eigenvalue weighted by Gasteiger charge is 2.28. The minimum atomic E-state index is 0.397. The van der Waals surface area contributed by atoms with Crippen molar-refractivity contribution in [1.29, 1.82) is 0 Å². The fraction of sp³-hybridized carbons (Fsp3) is 0.304. The first kappa shape index (κ1) is 17.5. The van der Waals surface area contributed by atoms with Crippen molar-refractivity contribution in [2.45, 2.75) is 39.8 Å². The minimum Gasteiger partial charge on any atom is -0.352 e. The predicted molar refractivity (Wildman–Crippen MR) is 112 cm³/mol. The van der Waals surface area contributed by atoms with Crippen LogP contribution in [-0.2, 0) is 13.0 Å². The van der Waals surface area contributed by atoms with Crippen LogP contribution < -0.4 is 9.80 Å². The highest BCUT2D eigenvalue weighted by Crippen LogP contribution is 2.38. The largest absolute Gasteiger partial charge is 0.352 e. The van der Waals surface area contributed by atoms with E-state index in [1.54, 1.807) is 0 Å². The summed E-state index contributed by atoms with van der Waals surface area (Å²) in [5.41, 5.74) is 3.94. The molecule has 0 N–H and O–H groups in total. The first-order valence-electron chi connectivity index (χ1n) is 9.67. The Hall–Kier alpha value is -2.88. The summed E-state index contributed by atoms with van der Waals surface area (Å²) in [4.78, 5) is 14.2. The molecule has 1 unspecified atom stereocenters. The Kier molecular flexibility index (Phi) is 4.80. The maximum atomic E-state index is 4.78. The molecule has 0 fully saturated rings. The molecule has 0 aliphatic carbocycles. The van der Waals surface area contributed by atoms with Gasteiger partial charge in [-0.05, 0) is 44.4 Å². The lowest BCUT2D eigenvalue weighted by Gasteiger charge is -2.27. The predicted octanol–water partition coefficient (Wildman–Crippen LogP) is 4.89. The number of rotatable bonds is 5. The molecule has 1 aliphatic rings. The molecule has 0 amide bonds. The van der Waals surface area contributed by atoms with Gasteiger partial charge in [-0.15, -0.1) is 0 Å². The van der Waals surface area contributed by atoms with Crippen molar-refractivity contribution in [3.63, 3.8) is 0 Å². The van der Waals surface area contributed by atoms with E-state index in [-0.39, 0.29) is 0 Å². The number of nitrogens with zero attached hydrogens (tertiary/aromatic N) is 4. The smallest absolute Gasteiger partial charge is 0.139 e. The molecule has 0 saturated heterocycles. The van der Waals surface area contributed by atoms with Gasteiger partial charge in [-0.25, -0.2) is 9.97 Å². The van der Waals surface area contributed by atoms with Gasteiger partial charge in [0.15, 0.2) is 0 Å². The third kappa shape index (κ3) is 3.52. The molecule has 0 radical (unpaired) electrons. The average Bonchev–Trinajstić information content (AvgIpc) is 3.02. The SMILES string of the molecule is CCN(Cc1ccccc1)c1cc(N2c3ccccc3CC2C)nc(C)n1. The summed E-state index contributed by atoms with van der Waals surface area (Å²) >= 11 is 0. The zero-order chi connectivity index (χ0) is 18.8. The molecule has 138 valence electrons. The van der Waals surface area contributed by atoms with Crippen LogP contribution in [0.25, 0.3) is 0 Å². The van der Waals surface area contributed by atoms with Crippen LogP contribution >= 0.6 is 0 Å². The van der Waals surface area contributed by atoms with Crippen molar-refractivity contribution in [2.24, 2.45) is 0 Å². The van der Waals surface area contributed by atoms with E-state index in [1.807, 2.05) is 6.92 Å². The van der Waals surface area contributed by atoms with Gasteiger partial charge in [0.1, 0.15) is 17.5 Å². The Morgan fingerprint density at radius 1 is 1.04 bits per heavy atom. The number of benzene rings is 2. The van der Waals surface area contributed by atoms with Gasteiger partial charge in [0.2, 0.25) is 0 Å². The number of anilines is 3. The Labute approximate surface area is 161 Å². The van der Waals surface area contributed by atoms with Crippen LogP contribution in [0.2, 0.25) is 0 Å². The lowest BCUT2D eigenvalue weighted by molar-refractivity contribution is 0.742. The van der Waals surface area contributed by atoms with Gasteiger partial charge in [0, 0.05) is 30.9 Å². The van der Waals surface area contributed by atoms with Gasteiger partial charge in [-0.3, -0.25) is 0 Å². The van der Waals surface area contributed by atoms with Crippen molar-refractivity contribution < 1.29 is 0 Å². The Morgan fingerprint density at radius 2 is 1.78 bits per heavy atom. The second-order valence-corrected chi connectivity index (χ2v) is 7.18. The number of hydrogen-bond donors (Lipinski definition) is 0. The van der Waals surface area contributed by atoms with E-state index in [1.165, 1.54) is 16.8 Å². The molecule has 27 heavy (non-hydrogen) atoms. The summed E-state index contributed by atoms with van der Waals surface area (Å²) in [5.74, 6) is 2.78. The molecule has 1 aliphatic heterocycles. The number of hydrogen-bond acceptors (Lipinski definition) is 4. The average molecular weight is 358 g/mol. The maximum Gasteiger partial charge on any atom is 0.139 e. The van der Waals surface area contributed by atoms with E-state index in [0.29, 0.717) is 6.04 Å². The summed E-state index contributed by atoms with van der Waals surface area (Å²) in [6.45, 7) is 8.17. The molecule has 0 saturated carbocycles. The van der Waals surface area contributed by atoms with Gasteiger partial charge in [0.05, 0.1) is 0 Å². The summed E-state index contributed by atoms with van der Waals surface area (Å²) in [5, 5.41) is 0. The van der Waals surface area contributed by atoms with Gasteiger partial charge in [0.25, 0.3) is 0 Å². The van der Waals surface area contributed by atoms with E-state index < -0.39 is 0 Å². The summed E-state index contributed by atoms with van der Waals surface area (Å²) in [6, 6.07) is 21.7. The van der Waals surface area contributed by atoms with E-state index in [0.717, 1.165) is 37.0 Å².